The molecule has 1 N–H and O–H groups in total. The number of ether oxygens (including phenoxy) is 3. The Morgan fingerprint density at radius 3 is 2.83 bits per heavy atom. The molecule has 12 nitrogen and oxygen atoms in total. The second-order valence-corrected chi connectivity index (χ2v) is 15.8. The molecule has 284 valence electrons. The number of carbonyl (C=O) groups is 1. The number of piperidine rings is 1. The maximum atomic E-state index is 14.4. The zero-order valence-corrected chi connectivity index (χ0v) is 31.3. The van der Waals surface area contributed by atoms with Crippen molar-refractivity contribution < 1.29 is 23.4 Å². The van der Waals surface area contributed by atoms with Crippen LogP contribution in [0, 0.1) is 11.2 Å². The summed E-state index contributed by atoms with van der Waals surface area (Å²) in [7, 11) is 0. The summed E-state index contributed by atoms with van der Waals surface area (Å²) in [4.78, 5) is 36.0. The van der Waals surface area contributed by atoms with E-state index < -0.39 is 5.82 Å². The van der Waals surface area contributed by atoms with Crippen LogP contribution in [0.2, 0.25) is 0 Å². The van der Waals surface area contributed by atoms with Gasteiger partial charge in [-0.2, -0.15) is 0 Å². The van der Waals surface area contributed by atoms with Gasteiger partial charge in [0.1, 0.15) is 29.7 Å². The molecule has 3 aromatic rings. The molecule has 2 aromatic heterocycles. The van der Waals surface area contributed by atoms with Crippen LogP contribution >= 0.6 is 0 Å². The van der Waals surface area contributed by atoms with E-state index in [9.17, 15) is 9.18 Å². The van der Waals surface area contributed by atoms with E-state index in [-0.39, 0.29) is 34.8 Å². The summed E-state index contributed by atoms with van der Waals surface area (Å²) in [5.74, 6) is 1.61. The number of pyridine rings is 1. The molecule has 4 aliphatic heterocycles. The van der Waals surface area contributed by atoms with Gasteiger partial charge in [0.25, 0.3) is 5.91 Å². The van der Waals surface area contributed by atoms with Crippen molar-refractivity contribution in [1.82, 2.24) is 35.0 Å². The van der Waals surface area contributed by atoms with E-state index in [0.717, 1.165) is 103 Å². The molecular formula is C40H53FN8O4. The summed E-state index contributed by atoms with van der Waals surface area (Å²) in [6, 6.07) is 6.56. The Bertz CT molecular complexity index is 1760. The third-order valence-corrected chi connectivity index (χ3v) is 11.9. The van der Waals surface area contributed by atoms with Crippen LogP contribution in [0.3, 0.4) is 0 Å². The van der Waals surface area contributed by atoms with Crippen molar-refractivity contribution in [3.63, 3.8) is 0 Å². The van der Waals surface area contributed by atoms with Gasteiger partial charge in [0, 0.05) is 87.2 Å². The molecular weight excluding hydrogens is 675 g/mol. The van der Waals surface area contributed by atoms with Gasteiger partial charge in [0.2, 0.25) is 0 Å². The first kappa shape index (κ1) is 36.1. The first-order chi connectivity index (χ1) is 25.8. The molecule has 53 heavy (non-hydrogen) atoms. The van der Waals surface area contributed by atoms with Gasteiger partial charge in [-0.1, -0.05) is 0 Å². The Morgan fingerprint density at radius 2 is 2.00 bits per heavy atom. The highest BCUT2D eigenvalue weighted by molar-refractivity contribution is 5.97. The maximum Gasteiger partial charge on any atom is 0.257 e. The molecule has 0 bridgehead atoms. The van der Waals surface area contributed by atoms with E-state index in [1.165, 1.54) is 35.8 Å². The Kier molecular flexibility index (Phi) is 10.5. The van der Waals surface area contributed by atoms with Gasteiger partial charge in [-0.25, -0.2) is 14.4 Å². The number of benzene rings is 1. The summed E-state index contributed by atoms with van der Waals surface area (Å²) in [6.07, 6.45) is 10.7. The van der Waals surface area contributed by atoms with Gasteiger partial charge < -0.3 is 29.3 Å². The number of amides is 1. The lowest BCUT2D eigenvalue weighted by molar-refractivity contribution is -0.0829. The van der Waals surface area contributed by atoms with Crippen molar-refractivity contribution in [2.75, 3.05) is 70.4 Å². The fourth-order valence-electron chi connectivity index (χ4n) is 9.14. The van der Waals surface area contributed by atoms with Crippen LogP contribution < -0.4 is 19.7 Å². The zero-order valence-electron chi connectivity index (χ0n) is 31.3. The minimum absolute atomic E-state index is 0.0380. The fourth-order valence-corrected chi connectivity index (χ4v) is 9.14. The van der Waals surface area contributed by atoms with E-state index in [0.29, 0.717) is 30.3 Å². The SMILES string of the molecule is CCN(C(=O)c1cc(F)ccc1Oc1cncnc1N1CC2(CC(Oc3ccnc4c3CN(CCCN3CCO[C@H]5CCNC[C@@H]53)CC4)C2)C1)C(C)C. The number of carbonyl (C=O) groups excluding carboxylic acids is 1. The van der Waals surface area contributed by atoms with Crippen LogP contribution in [0.1, 0.15) is 68.1 Å². The normalized spacial score (nSPS) is 22.8. The van der Waals surface area contributed by atoms with Gasteiger partial charge in [-0.15, -0.1) is 0 Å². The number of halogens is 1. The van der Waals surface area contributed by atoms with E-state index in [2.05, 4.69) is 30.0 Å². The smallest absolute Gasteiger partial charge is 0.257 e. The first-order valence-electron chi connectivity index (χ1n) is 19.5. The Morgan fingerprint density at radius 1 is 1.13 bits per heavy atom. The van der Waals surface area contributed by atoms with Crippen molar-refractivity contribution in [3.05, 3.63) is 65.6 Å². The third kappa shape index (κ3) is 7.58. The van der Waals surface area contributed by atoms with Gasteiger partial charge in [-0.3, -0.25) is 19.6 Å². The van der Waals surface area contributed by atoms with Gasteiger partial charge in [0.15, 0.2) is 11.6 Å². The highest BCUT2D eigenvalue weighted by Gasteiger charge is 2.54. The summed E-state index contributed by atoms with van der Waals surface area (Å²) in [6.45, 7) is 16.0. The van der Waals surface area contributed by atoms with Crippen LogP contribution in [0.25, 0.3) is 0 Å². The monoisotopic (exact) mass is 728 g/mol. The summed E-state index contributed by atoms with van der Waals surface area (Å²) >= 11 is 0. The fraction of sp³-hybridized carbons (Fsp3) is 0.600. The molecule has 1 amide bonds. The number of hydrogen-bond acceptors (Lipinski definition) is 11. The molecule has 0 unspecified atom stereocenters. The van der Waals surface area contributed by atoms with Crippen molar-refractivity contribution >= 4 is 11.7 Å². The molecule has 6 heterocycles. The lowest BCUT2D eigenvalue weighted by atomic mass is 9.61. The predicted octanol–water partition coefficient (Wildman–Crippen LogP) is 4.53. The number of aromatic nitrogens is 3. The van der Waals surface area contributed by atoms with E-state index in [4.69, 9.17) is 19.2 Å². The second-order valence-electron chi connectivity index (χ2n) is 15.8. The quantitative estimate of drug-likeness (QED) is 0.284. The Balaban J connectivity index is 0.853. The number of rotatable bonds is 12. The molecule has 1 spiro atoms. The Labute approximate surface area is 312 Å². The first-order valence-corrected chi connectivity index (χ1v) is 19.5. The van der Waals surface area contributed by atoms with Crippen LogP contribution in [0.4, 0.5) is 10.2 Å². The average molecular weight is 729 g/mol. The lowest BCUT2D eigenvalue weighted by Crippen LogP contribution is -2.65. The zero-order chi connectivity index (χ0) is 36.5. The van der Waals surface area contributed by atoms with Crippen LogP contribution in [-0.2, 0) is 17.7 Å². The third-order valence-electron chi connectivity index (χ3n) is 11.9. The summed E-state index contributed by atoms with van der Waals surface area (Å²) in [5.41, 5.74) is 2.75. The number of anilines is 1. The number of fused-ring (bicyclic) bond motifs is 2. The molecule has 13 heteroatoms. The number of hydrogen-bond donors (Lipinski definition) is 1. The molecule has 2 atom stereocenters. The molecule has 3 saturated heterocycles. The van der Waals surface area contributed by atoms with E-state index in [1.54, 1.807) is 11.1 Å². The molecule has 1 aliphatic carbocycles. The number of nitrogens with one attached hydrogen (secondary N) is 1. The molecule has 4 fully saturated rings. The topological polar surface area (TPSA) is 108 Å². The predicted molar refractivity (Wildman–Crippen MR) is 199 cm³/mol. The van der Waals surface area contributed by atoms with Crippen molar-refractivity contribution in [2.24, 2.45) is 5.41 Å². The Hall–Kier alpha value is -3.91. The highest BCUT2D eigenvalue weighted by Crippen LogP contribution is 2.52. The van der Waals surface area contributed by atoms with Gasteiger partial charge >= 0.3 is 0 Å². The van der Waals surface area contributed by atoms with E-state index in [1.807, 2.05) is 33.0 Å². The van der Waals surface area contributed by atoms with E-state index >= 15 is 0 Å². The molecule has 1 saturated carbocycles. The van der Waals surface area contributed by atoms with Crippen molar-refractivity contribution in [1.29, 1.82) is 0 Å². The summed E-state index contributed by atoms with van der Waals surface area (Å²) < 4.78 is 33.4. The second kappa shape index (κ2) is 15.4. The van der Waals surface area contributed by atoms with Crippen molar-refractivity contribution in [3.8, 4) is 17.2 Å². The lowest BCUT2D eigenvalue weighted by Gasteiger charge is -2.59. The summed E-state index contributed by atoms with van der Waals surface area (Å²) in [5, 5.41) is 3.56. The molecule has 0 radical (unpaired) electrons. The van der Waals surface area contributed by atoms with Gasteiger partial charge in [-0.05, 0) is 90.4 Å². The highest BCUT2D eigenvalue weighted by atomic mass is 19.1. The maximum absolute atomic E-state index is 14.4. The largest absolute Gasteiger partial charge is 0.490 e. The standard InChI is InChI=1S/C40H53FN8O4/c1-4-49(27(2)3)39(50)30-18-28(41)6-7-34(30)53-37-22-43-26-45-38(37)48-24-40(25-48)19-29(20-40)52-35-9-12-44-32-10-15-46(23-31(32)35)13-5-14-47-16-17-51-36-8-11-42-21-33(36)47/h6-7,9,12,18,22,26-27,29,33,36,42H,4-5,8,10-11,13-17,19-21,23-25H2,1-3H3/t33-,36-/m0/s1. The molecule has 1 aromatic carbocycles. The number of nitrogens with zero attached hydrogens (tertiary/aromatic N) is 7. The minimum atomic E-state index is -0.490. The molecule has 5 aliphatic rings. The average Bonchev–Trinajstić information content (AvgIpc) is 3.13. The minimum Gasteiger partial charge on any atom is -0.490 e. The van der Waals surface area contributed by atoms with Crippen molar-refractivity contribution in [2.45, 2.75) is 83.7 Å². The van der Waals surface area contributed by atoms with Crippen LogP contribution in [-0.4, -0.2) is 125 Å². The van der Waals surface area contributed by atoms with Crippen LogP contribution in [0.5, 0.6) is 17.2 Å². The molecule has 8 rings (SSSR count). The number of morpholine rings is 1. The van der Waals surface area contributed by atoms with Crippen LogP contribution in [0.15, 0.2) is 43.0 Å². The van der Waals surface area contributed by atoms with Gasteiger partial charge in [0.05, 0.1) is 24.5 Å².